The summed E-state index contributed by atoms with van der Waals surface area (Å²) in [5.74, 6) is 0.172. The zero-order valence-corrected chi connectivity index (χ0v) is 13.5. The molecule has 0 spiro atoms. The summed E-state index contributed by atoms with van der Waals surface area (Å²) in [5.41, 5.74) is 4.26. The highest BCUT2D eigenvalue weighted by molar-refractivity contribution is 6.31. The Morgan fingerprint density at radius 3 is 2.00 bits per heavy atom. The molecule has 2 heteroatoms. The van der Waals surface area contributed by atoms with Crippen molar-refractivity contribution in [2.75, 3.05) is 0 Å². The van der Waals surface area contributed by atoms with Gasteiger partial charge in [-0.2, -0.15) is 0 Å². The van der Waals surface area contributed by atoms with Crippen LogP contribution < -0.4 is 0 Å². The topological polar surface area (TPSA) is 17.1 Å². The fourth-order valence-corrected chi connectivity index (χ4v) is 2.79. The lowest BCUT2D eigenvalue weighted by atomic mass is 9.99. The molecule has 0 heterocycles. The summed E-state index contributed by atoms with van der Waals surface area (Å²) in [4.78, 5) is 12.2. The standard InChI is InChI=1S/C21H17ClO/c22-21-9-5-4-8-19(21)15-20(23)14-16-10-12-18(13-11-16)17-6-2-1-3-7-17/h1-13H,14-15H2. The van der Waals surface area contributed by atoms with E-state index in [2.05, 4.69) is 24.3 Å². The molecule has 0 unspecified atom stereocenters. The van der Waals surface area contributed by atoms with Gasteiger partial charge < -0.3 is 0 Å². The van der Waals surface area contributed by atoms with E-state index in [0.29, 0.717) is 17.9 Å². The van der Waals surface area contributed by atoms with E-state index in [-0.39, 0.29) is 5.78 Å². The van der Waals surface area contributed by atoms with Gasteiger partial charge in [0.2, 0.25) is 0 Å². The number of halogens is 1. The van der Waals surface area contributed by atoms with Crippen molar-refractivity contribution in [3.8, 4) is 11.1 Å². The van der Waals surface area contributed by atoms with Crippen LogP contribution in [0.5, 0.6) is 0 Å². The van der Waals surface area contributed by atoms with Crippen LogP contribution in [-0.4, -0.2) is 5.78 Å². The largest absolute Gasteiger partial charge is 0.299 e. The predicted octanol–water partition coefficient (Wildman–Crippen LogP) is 5.36. The molecule has 0 radical (unpaired) electrons. The molecular weight excluding hydrogens is 304 g/mol. The van der Waals surface area contributed by atoms with Crippen molar-refractivity contribution in [2.45, 2.75) is 12.8 Å². The Balaban J connectivity index is 1.66. The van der Waals surface area contributed by atoms with Gasteiger partial charge in [0.1, 0.15) is 5.78 Å². The lowest BCUT2D eigenvalue weighted by Gasteiger charge is -2.06. The normalized spacial score (nSPS) is 10.5. The summed E-state index contributed by atoms with van der Waals surface area (Å²) in [5, 5.41) is 0.653. The van der Waals surface area contributed by atoms with Crippen LogP contribution in [0.25, 0.3) is 11.1 Å². The highest BCUT2D eigenvalue weighted by atomic mass is 35.5. The van der Waals surface area contributed by atoms with Crippen LogP contribution in [0.4, 0.5) is 0 Å². The minimum Gasteiger partial charge on any atom is -0.299 e. The number of rotatable bonds is 5. The van der Waals surface area contributed by atoms with Gasteiger partial charge in [0.05, 0.1) is 0 Å². The number of carbonyl (C=O) groups is 1. The van der Waals surface area contributed by atoms with E-state index in [1.54, 1.807) is 0 Å². The Labute approximate surface area is 141 Å². The predicted molar refractivity (Wildman–Crippen MR) is 95.7 cm³/mol. The molecule has 0 aromatic heterocycles. The van der Waals surface area contributed by atoms with Crippen LogP contribution in [0.1, 0.15) is 11.1 Å². The summed E-state index contributed by atoms with van der Waals surface area (Å²) < 4.78 is 0. The second-order valence-corrected chi connectivity index (χ2v) is 5.95. The lowest BCUT2D eigenvalue weighted by Crippen LogP contribution is -2.06. The van der Waals surface area contributed by atoms with Gasteiger partial charge in [0.15, 0.2) is 0 Å². The Hall–Kier alpha value is -2.38. The molecule has 0 atom stereocenters. The molecule has 3 aromatic rings. The maximum Gasteiger partial charge on any atom is 0.141 e. The maximum absolute atomic E-state index is 12.2. The smallest absolute Gasteiger partial charge is 0.141 e. The molecule has 0 saturated heterocycles. The Morgan fingerprint density at radius 1 is 0.696 bits per heavy atom. The van der Waals surface area contributed by atoms with E-state index in [9.17, 15) is 4.79 Å². The van der Waals surface area contributed by atoms with Crippen molar-refractivity contribution < 1.29 is 4.79 Å². The summed E-state index contributed by atoms with van der Waals surface area (Å²) in [6.45, 7) is 0. The second-order valence-electron chi connectivity index (χ2n) is 5.55. The summed E-state index contributed by atoms with van der Waals surface area (Å²) in [6.07, 6.45) is 0.806. The van der Waals surface area contributed by atoms with E-state index < -0.39 is 0 Å². The van der Waals surface area contributed by atoms with E-state index >= 15 is 0 Å². The van der Waals surface area contributed by atoms with Gasteiger partial charge in [0.25, 0.3) is 0 Å². The van der Waals surface area contributed by atoms with Gasteiger partial charge in [-0.25, -0.2) is 0 Å². The average Bonchev–Trinajstić information content (AvgIpc) is 2.58. The first-order chi connectivity index (χ1) is 11.2. The molecule has 0 aliphatic rings. The molecule has 0 N–H and O–H groups in total. The van der Waals surface area contributed by atoms with Crippen LogP contribution in [0.15, 0.2) is 78.9 Å². The SMILES string of the molecule is O=C(Cc1ccc(-c2ccccc2)cc1)Cc1ccccc1Cl. The van der Waals surface area contributed by atoms with Crippen LogP contribution in [0.2, 0.25) is 5.02 Å². The first-order valence-electron chi connectivity index (χ1n) is 7.62. The molecule has 0 bridgehead atoms. The minimum absolute atomic E-state index is 0.172. The fraction of sp³-hybridized carbons (Fsp3) is 0.0952. The maximum atomic E-state index is 12.2. The van der Waals surface area contributed by atoms with Crippen molar-refractivity contribution in [1.82, 2.24) is 0 Å². The zero-order chi connectivity index (χ0) is 16.1. The molecule has 0 amide bonds. The summed E-state index contributed by atoms with van der Waals surface area (Å²) in [6, 6.07) is 25.9. The molecule has 0 aliphatic carbocycles. The van der Waals surface area contributed by atoms with E-state index in [0.717, 1.165) is 16.7 Å². The second kappa shape index (κ2) is 7.26. The van der Waals surface area contributed by atoms with Crippen LogP contribution >= 0.6 is 11.6 Å². The molecule has 3 aromatic carbocycles. The van der Waals surface area contributed by atoms with Gasteiger partial charge in [-0.15, -0.1) is 0 Å². The number of ketones is 1. The lowest BCUT2D eigenvalue weighted by molar-refractivity contribution is -0.117. The molecule has 114 valence electrons. The quantitative estimate of drug-likeness (QED) is 0.618. The zero-order valence-electron chi connectivity index (χ0n) is 12.7. The monoisotopic (exact) mass is 320 g/mol. The van der Waals surface area contributed by atoms with Gasteiger partial charge >= 0.3 is 0 Å². The molecule has 1 nitrogen and oxygen atoms in total. The Kier molecular flexibility index (Phi) is 4.89. The number of carbonyl (C=O) groups excluding carboxylic acids is 1. The molecular formula is C21H17ClO. The Bertz CT molecular complexity index is 792. The van der Waals surface area contributed by atoms with Crippen molar-refractivity contribution >= 4 is 17.4 Å². The molecule has 0 fully saturated rings. The van der Waals surface area contributed by atoms with Gasteiger partial charge in [-0.3, -0.25) is 4.79 Å². The summed E-state index contributed by atoms with van der Waals surface area (Å²) in [7, 11) is 0. The van der Waals surface area contributed by atoms with Crippen molar-refractivity contribution in [3.05, 3.63) is 95.0 Å². The summed E-state index contributed by atoms with van der Waals surface area (Å²) >= 11 is 6.11. The van der Waals surface area contributed by atoms with Crippen LogP contribution in [0.3, 0.4) is 0 Å². The van der Waals surface area contributed by atoms with Crippen molar-refractivity contribution in [1.29, 1.82) is 0 Å². The van der Waals surface area contributed by atoms with Gasteiger partial charge in [-0.05, 0) is 28.3 Å². The number of hydrogen-bond acceptors (Lipinski definition) is 1. The van der Waals surface area contributed by atoms with Gasteiger partial charge in [-0.1, -0.05) is 84.4 Å². The average molecular weight is 321 g/mol. The molecule has 3 rings (SSSR count). The van der Waals surface area contributed by atoms with Crippen LogP contribution in [0, 0.1) is 0 Å². The van der Waals surface area contributed by atoms with Crippen molar-refractivity contribution in [3.63, 3.8) is 0 Å². The van der Waals surface area contributed by atoms with E-state index in [4.69, 9.17) is 11.6 Å². The van der Waals surface area contributed by atoms with E-state index in [1.165, 1.54) is 5.56 Å². The molecule has 0 aliphatic heterocycles. The Morgan fingerprint density at radius 2 is 1.30 bits per heavy atom. The molecule has 0 saturated carbocycles. The number of Topliss-reactive ketones (excluding diaryl/α,β-unsaturated/α-hetero) is 1. The minimum atomic E-state index is 0.172. The number of hydrogen-bond donors (Lipinski definition) is 0. The third kappa shape index (κ3) is 4.08. The van der Waals surface area contributed by atoms with Crippen LogP contribution in [-0.2, 0) is 17.6 Å². The van der Waals surface area contributed by atoms with Crippen molar-refractivity contribution in [2.24, 2.45) is 0 Å². The molecule has 23 heavy (non-hydrogen) atoms. The van der Waals surface area contributed by atoms with Gasteiger partial charge in [0, 0.05) is 17.9 Å². The first kappa shape index (κ1) is 15.5. The third-order valence-electron chi connectivity index (χ3n) is 3.81. The highest BCUT2D eigenvalue weighted by Gasteiger charge is 2.08. The van der Waals surface area contributed by atoms with E-state index in [1.807, 2.05) is 54.6 Å². The third-order valence-corrected chi connectivity index (χ3v) is 4.18. The number of benzene rings is 3. The highest BCUT2D eigenvalue weighted by Crippen LogP contribution is 2.20. The fourth-order valence-electron chi connectivity index (χ4n) is 2.59. The first-order valence-corrected chi connectivity index (χ1v) is 7.99.